The molecule has 1 N–H and O–H groups in total. The van der Waals surface area contributed by atoms with E-state index in [1.807, 2.05) is 0 Å². The third-order valence-corrected chi connectivity index (χ3v) is 3.57. The summed E-state index contributed by atoms with van der Waals surface area (Å²) < 4.78 is 6.20. The highest BCUT2D eigenvalue weighted by molar-refractivity contribution is 5.31. The normalized spacial score (nSPS) is 20.4. The summed E-state index contributed by atoms with van der Waals surface area (Å²) in [5.41, 5.74) is 2.88. The molecular formula is C16H25NO. The molecule has 2 heteroatoms. The maximum absolute atomic E-state index is 6.20. The summed E-state index contributed by atoms with van der Waals surface area (Å²) in [7, 11) is 0. The first-order chi connectivity index (χ1) is 8.81. The molecule has 2 atom stereocenters. The molecule has 1 aliphatic rings. The quantitative estimate of drug-likeness (QED) is 0.777. The summed E-state index contributed by atoms with van der Waals surface area (Å²) in [5, 5.41) is 3.42. The number of rotatable bonds is 6. The Morgan fingerprint density at radius 1 is 1.39 bits per heavy atom. The van der Waals surface area contributed by atoms with Crippen LogP contribution in [0, 0.1) is 0 Å². The zero-order chi connectivity index (χ0) is 12.8. The van der Waals surface area contributed by atoms with Crippen LogP contribution in [0.2, 0.25) is 0 Å². The summed E-state index contributed by atoms with van der Waals surface area (Å²) in [6.07, 6.45) is 5.38. The minimum atomic E-state index is 0.285. The smallest absolute Gasteiger partial charge is 0.0832 e. The van der Waals surface area contributed by atoms with E-state index in [0.717, 1.165) is 19.5 Å². The lowest BCUT2D eigenvalue weighted by Crippen LogP contribution is -2.29. The molecule has 0 spiro atoms. The lowest BCUT2D eigenvalue weighted by atomic mass is 9.89. The Hall–Kier alpha value is -0.860. The van der Waals surface area contributed by atoms with Crippen LogP contribution in [0.5, 0.6) is 0 Å². The van der Waals surface area contributed by atoms with E-state index in [4.69, 9.17) is 4.74 Å². The summed E-state index contributed by atoms with van der Waals surface area (Å²) in [6.45, 7) is 6.39. The molecule has 0 heterocycles. The number of ether oxygens (including phenoxy) is 1. The van der Waals surface area contributed by atoms with Gasteiger partial charge in [-0.25, -0.2) is 0 Å². The van der Waals surface area contributed by atoms with Crippen LogP contribution in [0.4, 0.5) is 0 Å². The van der Waals surface area contributed by atoms with Crippen LogP contribution in [-0.2, 0) is 11.2 Å². The molecule has 0 aromatic heterocycles. The van der Waals surface area contributed by atoms with Crippen molar-refractivity contribution in [2.45, 2.75) is 51.7 Å². The van der Waals surface area contributed by atoms with Gasteiger partial charge in [0.15, 0.2) is 0 Å². The van der Waals surface area contributed by atoms with Crippen LogP contribution in [-0.4, -0.2) is 19.2 Å². The van der Waals surface area contributed by atoms with Gasteiger partial charge < -0.3 is 10.1 Å². The average Bonchev–Trinajstić information content (AvgIpc) is 2.39. The Kier molecular flexibility index (Phi) is 5.21. The fourth-order valence-corrected chi connectivity index (χ4v) is 2.66. The van der Waals surface area contributed by atoms with Crippen molar-refractivity contribution >= 4 is 0 Å². The standard InChI is InChI=1S/C16H25NO/c1-3-11-17-12-13(2)18-16-10-6-8-14-7-4-5-9-15(14)16/h4-5,7,9,13,16-17H,3,6,8,10-12H2,1-2H3. The van der Waals surface area contributed by atoms with E-state index in [0.29, 0.717) is 6.10 Å². The van der Waals surface area contributed by atoms with Crippen LogP contribution in [0.25, 0.3) is 0 Å². The van der Waals surface area contributed by atoms with E-state index in [2.05, 4.69) is 43.4 Å². The molecule has 1 aromatic carbocycles. The molecule has 0 fully saturated rings. The number of benzene rings is 1. The predicted molar refractivity (Wildman–Crippen MR) is 75.8 cm³/mol. The maximum atomic E-state index is 6.20. The minimum absolute atomic E-state index is 0.285. The first kappa shape index (κ1) is 13.6. The lowest BCUT2D eigenvalue weighted by Gasteiger charge is -2.28. The molecule has 0 saturated carbocycles. The first-order valence-corrected chi connectivity index (χ1v) is 7.25. The van der Waals surface area contributed by atoms with E-state index in [1.165, 1.54) is 30.4 Å². The average molecular weight is 247 g/mol. The van der Waals surface area contributed by atoms with Gasteiger partial charge >= 0.3 is 0 Å². The van der Waals surface area contributed by atoms with E-state index >= 15 is 0 Å². The van der Waals surface area contributed by atoms with Crippen molar-refractivity contribution in [2.24, 2.45) is 0 Å². The second kappa shape index (κ2) is 6.91. The van der Waals surface area contributed by atoms with E-state index in [9.17, 15) is 0 Å². The summed E-state index contributed by atoms with van der Waals surface area (Å²) in [4.78, 5) is 0. The fourth-order valence-electron chi connectivity index (χ4n) is 2.66. The number of fused-ring (bicyclic) bond motifs is 1. The van der Waals surface area contributed by atoms with Gasteiger partial charge in [-0.15, -0.1) is 0 Å². The van der Waals surface area contributed by atoms with Gasteiger partial charge in [-0.3, -0.25) is 0 Å². The van der Waals surface area contributed by atoms with Crippen molar-refractivity contribution in [1.29, 1.82) is 0 Å². The third-order valence-electron chi connectivity index (χ3n) is 3.57. The molecule has 2 nitrogen and oxygen atoms in total. The van der Waals surface area contributed by atoms with Crippen molar-refractivity contribution in [3.05, 3.63) is 35.4 Å². The molecule has 2 unspecified atom stereocenters. The number of nitrogens with one attached hydrogen (secondary N) is 1. The number of aryl methyl sites for hydroxylation is 1. The largest absolute Gasteiger partial charge is 0.369 e. The molecule has 1 aromatic rings. The summed E-state index contributed by atoms with van der Waals surface area (Å²) in [6, 6.07) is 8.73. The van der Waals surface area contributed by atoms with E-state index in [-0.39, 0.29) is 6.10 Å². The highest BCUT2D eigenvalue weighted by Gasteiger charge is 2.21. The number of hydrogen-bond acceptors (Lipinski definition) is 2. The molecule has 2 rings (SSSR count). The van der Waals surface area contributed by atoms with Crippen LogP contribution >= 0.6 is 0 Å². The fraction of sp³-hybridized carbons (Fsp3) is 0.625. The molecule has 0 radical (unpaired) electrons. The Labute approximate surface area is 111 Å². The van der Waals surface area contributed by atoms with E-state index in [1.54, 1.807) is 0 Å². The Morgan fingerprint density at radius 2 is 2.22 bits per heavy atom. The highest BCUT2D eigenvalue weighted by Crippen LogP contribution is 2.32. The third kappa shape index (κ3) is 3.56. The van der Waals surface area contributed by atoms with Gasteiger partial charge in [-0.2, -0.15) is 0 Å². The molecule has 0 amide bonds. The van der Waals surface area contributed by atoms with Crippen molar-refractivity contribution in [3.8, 4) is 0 Å². The second-order valence-corrected chi connectivity index (χ2v) is 5.23. The van der Waals surface area contributed by atoms with Crippen LogP contribution in [0.1, 0.15) is 50.3 Å². The molecule has 1 aliphatic carbocycles. The minimum Gasteiger partial charge on any atom is -0.369 e. The first-order valence-electron chi connectivity index (χ1n) is 7.25. The molecule has 18 heavy (non-hydrogen) atoms. The monoisotopic (exact) mass is 247 g/mol. The topological polar surface area (TPSA) is 21.3 Å². The lowest BCUT2D eigenvalue weighted by molar-refractivity contribution is -0.0116. The van der Waals surface area contributed by atoms with Gasteiger partial charge in [0.25, 0.3) is 0 Å². The molecule has 100 valence electrons. The van der Waals surface area contributed by atoms with Crippen LogP contribution in [0.3, 0.4) is 0 Å². The van der Waals surface area contributed by atoms with Crippen molar-refractivity contribution in [3.63, 3.8) is 0 Å². The summed E-state index contributed by atoms with van der Waals surface area (Å²) >= 11 is 0. The molecular weight excluding hydrogens is 222 g/mol. The second-order valence-electron chi connectivity index (χ2n) is 5.23. The van der Waals surface area contributed by atoms with Crippen molar-refractivity contribution in [2.75, 3.05) is 13.1 Å². The highest BCUT2D eigenvalue weighted by atomic mass is 16.5. The van der Waals surface area contributed by atoms with Crippen molar-refractivity contribution in [1.82, 2.24) is 5.32 Å². The predicted octanol–water partition coefficient (Wildman–Crippen LogP) is 3.47. The molecule has 0 bridgehead atoms. The van der Waals surface area contributed by atoms with Crippen LogP contribution in [0.15, 0.2) is 24.3 Å². The van der Waals surface area contributed by atoms with Crippen molar-refractivity contribution < 1.29 is 4.74 Å². The van der Waals surface area contributed by atoms with Gasteiger partial charge in [0, 0.05) is 6.54 Å². The maximum Gasteiger partial charge on any atom is 0.0832 e. The van der Waals surface area contributed by atoms with Gasteiger partial charge in [-0.05, 0) is 50.3 Å². The van der Waals surface area contributed by atoms with Gasteiger partial charge in [0.1, 0.15) is 0 Å². The molecule has 0 aliphatic heterocycles. The zero-order valence-electron chi connectivity index (χ0n) is 11.6. The Bertz CT molecular complexity index is 364. The van der Waals surface area contributed by atoms with Gasteiger partial charge in [0.05, 0.1) is 12.2 Å². The molecule has 0 saturated heterocycles. The Morgan fingerprint density at radius 3 is 3.06 bits per heavy atom. The number of hydrogen-bond donors (Lipinski definition) is 1. The Balaban J connectivity index is 1.90. The van der Waals surface area contributed by atoms with Gasteiger partial charge in [0.2, 0.25) is 0 Å². The van der Waals surface area contributed by atoms with Crippen LogP contribution < -0.4 is 5.32 Å². The van der Waals surface area contributed by atoms with Gasteiger partial charge in [-0.1, -0.05) is 31.2 Å². The van der Waals surface area contributed by atoms with E-state index < -0.39 is 0 Å². The zero-order valence-corrected chi connectivity index (χ0v) is 11.6. The summed E-state index contributed by atoms with van der Waals surface area (Å²) in [5.74, 6) is 0. The SMILES string of the molecule is CCCNCC(C)OC1CCCc2ccccc21.